The van der Waals surface area contributed by atoms with Crippen molar-refractivity contribution in [2.24, 2.45) is 0 Å². The van der Waals surface area contributed by atoms with Gasteiger partial charge in [-0.1, -0.05) is 6.07 Å². The number of nitrogens with zero attached hydrogens (tertiary/aromatic N) is 3. The molecule has 0 aliphatic rings. The monoisotopic (exact) mass is 246 g/mol. The van der Waals surface area contributed by atoms with E-state index in [2.05, 4.69) is 23.9 Å². The first kappa shape index (κ1) is 12.4. The van der Waals surface area contributed by atoms with Crippen molar-refractivity contribution in [1.29, 1.82) is 0 Å². The predicted octanol–water partition coefficient (Wildman–Crippen LogP) is 2.33. The summed E-state index contributed by atoms with van der Waals surface area (Å²) in [4.78, 5) is 4.20. The van der Waals surface area contributed by atoms with E-state index in [0.29, 0.717) is 6.61 Å². The smallest absolute Gasteiger partial charge is 0.165 e. The number of nitrogens with two attached hydrogens (primary N) is 1. The third-order valence-corrected chi connectivity index (χ3v) is 2.82. The fourth-order valence-corrected chi connectivity index (χ4v) is 1.74. The van der Waals surface area contributed by atoms with Crippen LogP contribution in [0.3, 0.4) is 0 Å². The third kappa shape index (κ3) is 2.45. The molecule has 0 saturated heterocycles. The molecular formula is C13H18N4O. The van der Waals surface area contributed by atoms with Crippen LogP contribution >= 0.6 is 0 Å². The molecule has 18 heavy (non-hydrogen) atoms. The van der Waals surface area contributed by atoms with Gasteiger partial charge in [-0.05, 0) is 32.9 Å². The number of anilines is 1. The highest BCUT2D eigenvalue weighted by molar-refractivity contribution is 5.53. The fourth-order valence-electron chi connectivity index (χ4n) is 1.74. The van der Waals surface area contributed by atoms with Crippen LogP contribution in [0.25, 0.3) is 0 Å². The van der Waals surface area contributed by atoms with Crippen molar-refractivity contribution in [3.05, 3.63) is 35.9 Å². The van der Waals surface area contributed by atoms with Crippen LogP contribution in [-0.2, 0) is 6.61 Å². The third-order valence-electron chi connectivity index (χ3n) is 2.82. The van der Waals surface area contributed by atoms with Crippen molar-refractivity contribution in [2.45, 2.75) is 33.4 Å². The highest BCUT2D eigenvalue weighted by Gasteiger charge is 2.09. The molecule has 0 amide bonds. The van der Waals surface area contributed by atoms with E-state index in [1.54, 1.807) is 6.33 Å². The number of nitrogen functional groups attached to an aromatic ring is 1. The van der Waals surface area contributed by atoms with Crippen molar-refractivity contribution >= 4 is 5.69 Å². The van der Waals surface area contributed by atoms with E-state index in [4.69, 9.17) is 10.5 Å². The highest BCUT2D eigenvalue weighted by atomic mass is 16.5. The zero-order valence-electron chi connectivity index (χ0n) is 10.9. The van der Waals surface area contributed by atoms with Gasteiger partial charge in [0.2, 0.25) is 0 Å². The zero-order valence-corrected chi connectivity index (χ0v) is 10.9. The lowest BCUT2D eigenvalue weighted by Gasteiger charge is -2.12. The SMILES string of the molecule is Cc1c(N)cccc1OCc1ncnn1C(C)C. The maximum atomic E-state index is 5.83. The first-order valence-electron chi connectivity index (χ1n) is 5.96. The largest absolute Gasteiger partial charge is 0.485 e. The van der Waals surface area contributed by atoms with Gasteiger partial charge in [0.15, 0.2) is 5.82 Å². The maximum absolute atomic E-state index is 5.83. The van der Waals surface area contributed by atoms with Crippen molar-refractivity contribution in [3.8, 4) is 5.75 Å². The standard InChI is InChI=1S/C13H18N4O/c1-9(2)17-13(15-8-16-17)7-18-12-6-4-5-11(14)10(12)3/h4-6,8-9H,7,14H2,1-3H3. The van der Waals surface area contributed by atoms with Gasteiger partial charge in [-0.3, -0.25) is 0 Å². The predicted molar refractivity (Wildman–Crippen MR) is 70.3 cm³/mol. The van der Waals surface area contributed by atoms with E-state index in [0.717, 1.165) is 22.8 Å². The van der Waals surface area contributed by atoms with Crippen LogP contribution in [0.2, 0.25) is 0 Å². The molecule has 0 radical (unpaired) electrons. The first-order chi connectivity index (χ1) is 8.59. The number of benzene rings is 1. The molecule has 0 unspecified atom stereocenters. The van der Waals surface area contributed by atoms with Gasteiger partial charge in [0.05, 0.1) is 0 Å². The minimum atomic E-state index is 0.271. The molecule has 1 heterocycles. The molecule has 5 heteroatoms. The molecule has 0 fully saturated rings. The van der Waals surface area contributed by atoms with Crippen molar-refractivity contribution in [3.63, 3.8) is 0 Å². The summed E-state index contributed by atoms with van der Waals surface area (Å²) in [5, 5.41) is 4.17. The summed E-state index contributed by atoms with van der Waals surface area (Å²) >= 11 is 0. The van der Waals surface area contributed by atoms with Gasteiger partial charge in [0, 0.05) is 17.3 Å². The van der Waals surface area contributed by atoms with E-state index in [1.165, 1.54) is 0 Å². The number of hydrogen-bond donors (Lipinski definition) is 1. The topological polar surface area (TPSA) is 66.0 Å². The maximum Gasteiger partial charge on any atom is 0.165 e. The minimum absolute atomic E-state index is 0.271. The minimum Gasteiger partial charge on any atom is -0.485 e. The summed E-state index contributed by atoms with van der Waals surface area (Å²) < 4.78 is 7.60. The van der Waals surface area contributed by atoms with E-state index >= 15 is 0 Å². The van der Waals surface area contributed by atoms with Gasteiger partial charge in [-0.2, -0.15) is 5.10 Å². The molecule has 0 saturated carbocycles. The first-order valence-corrected chi connectivity index (χ1v) is 5.96. The molecular weight excluding hydrogens is 228 g/mol. The molecule has 0 atom stereocenters. The van der Waals surface area contributed by atoms with Crippen LogP contribution in [0.5, 0.6) is 5.75 Å². The van der Waals surface area contributed by atoms with Gasteiger partial charge in [0.1, 0.15) is 18.7 Å². The van der Waals surface area contributed by atoms with E-state index in [1.807, 2.05) is 29.8 Å². The second-order valence-corrected chi connectivity index (χ2v) is 4.47. The number of aromatic nitrogens is 3. The second-order valence-electron chi connectivity index (χ2n) is 4.47. The average molecular weight is 246 g/mol. The molecule has 96 valence electrons. The van der Waals surface area contributed by atoms with E-state index in [9.17, 15) is 0 Å². The lowest BCUT2D eigenvalue weighted by atomic mass is 10.2. The Labute approximate surface area is 107 Å². The number of ether oxygens (including phenoxy) is 1. The summed E-state index contributed by atoms with van der Waals surface area (Å²) in [6.45, 7) is 6.45. The number of hydrogen-bond acceptors (Lipinski definition) is 4. The van der Waals surface area contributed by atoms with Crippen LogP contribution < -0.4 is 10.5 Å². The molecule has 0 spiro atoms. The summed E-state index contributed by atoms with van der Waals surface area (Å²) in [6.07, 6.45) is 1.55. The Hall–Kier alpha value is -2.04. The lowest BCUT2D eigenvalue weighted by molar-refractivity contribution is 0.281. The van der Waals surface area contributed by atoms with E-state index < -0.39 is 0 Å². The summed E-state index contributed by atoms with van der Waals surface area (Å²) in [5.74, 6) is 1.60. The Morgan fingerprint density at radius 2 is 2.17 bits per heavy atom. The molecule has 5 nitrogen and oxygen atoms in total. The van der Waals surface area contributed by atoms with Gasteiger partial charge in [-0.15, -0.1) is 0 Å². The zero-order chi connectivity index (χ0) is 13.1. The summed E-state index contributed by atoms with van der Waals surface area (Å²) in [5.41, 5.74) is 7.52. The van der Waals surface area contributed by atoms with Crippen molar-refractivity contribution < 1.29 is 4.74 Å². The van der Waals surface area contributed by atoms with Crippen LogP contribution in [0.1, 0.15) is 31.3 Å². The van der Waals surface area contributed by atoms with Crippen LogP contribution in [-0.4, -0.2) is 14.8 Å². The summed E-state index contributed by atoms with van der Waals surface area (Å²) in [7, 11) is 0. The average Bonchev–Trinajstić information content (AvgIpc) is 2.79. The molecule has 1 aromatic heterocycles. The highest BCUT2D eigenvalue weighted by Crippen LogP contribution is 2.23. The molecule has 1 aromatic carbocycles. The molecule has 2 N–H and O–H groups in total. The summed E-state index contributed by atoms with van der Waals surface area (Å²) in [6, 6.07) is 5.92. The molecule has 2 aromatic rings. The number of rotatable bonds is 4. The Balaban J connectivity index is 2.12. The Morgan fingerprint density at radius 3 is 2.89 bits per heavy atom. The van der Waals surface area contributed by atoms with Gasteiger partial charge in [0.25, 0.3) is 0 Å². The lowest BCUT2D eigenvalue weighted by Crippen LogP contribution is -2.11. The van der Waals surface area contributed by atoms with Crippen molar-refractivity contribution in [1.82, 2.24) is 14.8 Å². The normalized spacial score (nSPS) is 10.9. The molecule has 0 bridgehead atoms. The van der Waals surface area contributed by atoms with Crippen LogP contribution in [0.4, 0.5) is 5.69 Å². The molecule has 0 aliphatic heterocycles. The van der Waals surface area contributed by atoms with Gasteiger partial charge >= 0.3 is 0 Å². The second kappa shape index (κ2) is 5.08. The molecule has 2 rings (SSSR count). The van der Waals surface area contributed by atoms with Crippen LogP contribution in [0.15, 0.2) is 24.5 Å². The fraction of sp³-hybridized carbons (Fsp3) is 0.385. The van der Waals surface area contributed by atoms with E-state index in [-0.39, 0.29) is 6.04 Å². The van der Waals surface area contributed by atoms with Gasteiger partial charge in [-0.25, -0.2) is 9.67 Å². The van der Waals surface area contributed by atoms with Crippen molar-refractivity contribution in [2.75, 3.05) is 5.73 Å². The Kier molecular flexibility index (Phi) is 3.50. The van der Waals surface area contributed by atoms with Crippen LogP contribution in [0, 0.1) is 6.92 Å². The Morgan fingerprint density at radius 1 is 1.39 bits per heavy atom. The molecule has 0 aliphatic carbocycles. The van der Waals surface area contributed by atoms with Gasteiger partial charge < -0.3 is 10.5 Å². The quantitative estimate of drug-likeness (QED) is 0.841. The Bertz CT molecular complexity index is 534.